The number of carbonyl (C=O) groups excluding carboxylic acids is 3. The maximum Gasteiger partial charge on any atom is 0.339 e. The Morgan fingerprint density at radius 3 is 2.25 bits per heavy atom. The van der Waals surface area contributed by atoms with Crippen LogP contribution in [-0.4, -0.2) is 29.3 Å². The van der Waals surface area contributed by atoms with Crippen molar-refractivity contribution in [2.75, 3.05) is 6.61 Å². The van der Waals surface area contributed by atoms with Crippen molar-refractivity contribution in [3.63, 3.8) is 0 Å². The highest BCUT2D eigenvalue weighted by Gasteiger charge is 2.17. The number of hydrogen-bond donors (Lipinski definition) is 0. The van der Waals surface area contributed by atoms with Gasteiger partial charge in [0.1, 0.15) is 5.75 Å². The molecular formula is C26H19NO5. The van der Waals surface area contributed by atoms with Gasteiger partial charge in [0.25, 0.3) is 0 Å². The number of carbonyl (C=O) groups is 3. The summed E-state index contributed by atoms with van der Waals surface area (Å²) >= 11 is 0. The molecule has 0 bridgehead atoms. The van der Waals surface area contributed by atoms with Crippen molar-refractivity contribution in [3.8, 4) is 17.0 Å². The lowest BCUT2D eigenvalue weighted by Gasteiger charge is -2.10. The Kier molecular flexibility index (Phi) is 6.03. The maximum atomic E-state index is 12.9. The third-order valence-corrected chi connectivity index (χ3v) is 4.78. The van der Waals surface area contributed by atoms with Crippen LogP contribution < -0.4 is 4.74 Å². The van der Waals surface area contributed by atoms with Crippen LogP contribution in [0.2, 0.25) is 0 Å². The lowest BCUT2D eigenvalue weighted by molar-refractivity contribution is -0.131. The number of pyridine rings is 1. The van der Waals surface area contributed by atoms with Gasteiger partial charge in [-0.25, -0.2) is 9.78 Å². The first-order valence-corrected chi connectivity index (χ1v) is 9.95. The van der Waals surface area contributed by atoms with Crippen LogP contribution in [0.5, 0.6) is 5.75 Å². The minimum atomic E-state index is -0.606. The van der Waals surface area contributed by atoms with Gasteiger partial charge in [-0.3, -0.25) is 9.59 Å². The number of ether oxygens (including phenoxy) is 2. The average Bonchev–Trinajstić information content (AvgIpc) is 2.82. The van der Waals surface area contributed by atoms with E-state index in [9.17, 15) is 14.4 Å². The number of aromatic nitrogens is 1. The van der Waals surface area contributed by atoms with Crippen LogP contribution in [0.4, 0.5) is 0 Å². The number of fused-ring (bicyclic) bond motifs is 1. The zero-order valence-corrected chi connectivity index (χ0v) is 17.3. The van der Waals surface area contributed by atoms with E-state index in [1.54, 1.807) is 12.1 Å². The fraction of sp³-hybridized carbons (Fsp3) is 0.0769. The molecule has 0 aliphatic carbocycles. The molecule has 0 saturated heterocycles. The van der Waals surface area contributed by atoms with E-state index in [-0.39, 0.29) is 5.78 Å². The smallest absolute Gasteiger partial charge is 0.339 e. The lowest BCUT2D eigenvalue weighted by Crippen LogP contribution is -2.15. The summed E-state index contributed by atoms with van der Waals surface area (Å²) in [6.45, 7) is 0.883. The summed E-state index contributed by atoms with van der Waals surface area (Å²) in [7, 11) is 0. The molecule has 1 aromatic heterocycles. The molecule has 0 radical (unpaired) electrons. The van der Waals surface area contributed by atoms with Gasteiger partial charge < -0.3 is 9.47 Å². The van der Waals surface area contributed by atoms with E-state index >= 15 is 0 Å². The number of para-hydroxylation sites is 1. The topological polar surface area (TPSA) is 82.6 Å². The SMILES string of the molecule is CC(=O)Oc1ccc(C(=O)COC(=O)c2cc(-c3ccccc3)nc3ccccc23)cc1. The zero-order valence-electron chi connectivity index (χ0n) is 17.3. The molecule has 0 spiro atoms. The fourth-order valence-corrected chi connectivity index (χ4v) is 3.27. The zero-order chi connectivity index (χ0) is 22.5. The van der Waals surface area contributed by atoms with Crippen LogP contribution in [-0.2, 0) is 9.53 Å². The van der Waals surface area contributed by atoms with E-state index in [0.717, 1.165) is 5.56 Å². The Balaban J connectivity index is 1.54. The Morgan fingerprint density at radius 1 is 0.844 bits per heavy atom. The second kappa shape index (κ2) is 9.22. The quantitative estimate of drug-likeness (QED) is 0.249. The Morgan fingerprint density at radius 2 is 1.53 bits per heavy atom. The number of ketones is 1. The summed E-state index contributed by atoms with van der Waals surface area (Å²) < 4.78 is 10.3. The predicted octanol–water partition coefficient (Wildman–Crippen LogP) is 4.87. The van der Waals surface area contributed by atoms with Crippen molar-refractivity contribution in [1.29, 1.82) is 0 Å². The highest BCUT2D eigenvalue weighted by molar-refractivity contribution is 6.06. The fourth-order valence-electron chi connectivity index (χ4n) is 3.27. The van der Waals surface area contributed by atoms with Gasteiger partial charge in [0.15, 0.2) is 12.4 Å². The number of hydrogen-bond acceptors (Lipinski definition) is 6. The summed E-state index contributed by atoms with van der Waals surface area (Å²) in [5.41, 5.74) is 2.86. The molecule has 32 heavy (non-hydrogen) atoms. The third kappa shape index (κ3) is 4.70. The van der Waals surface area contributed by atoms with Gasteiger partial charge in [-0.2, -0.15) is 0 Å². The van der Waals surface area contributed by atoms with Gasteiger partial charge in [-0.05, 0) is 36.4 Å². The van der Waals surface area contributed by atoms with E-state index in [4.69, 9.17) is 9.47 Å². The highest BCUT2D eigenvalue weighted by atomic mass is 16.5. The molecule has 158 valence electrons. The minimum Gasteiger partial charge on any atom is -0.454 e. The number of nitrogens with zero attached hydrogens (tertiary/aromatic N) is 1. The first-order chi connectivity index (χ1) is 15.5. The Labute approximate surface area is 184 Å². The summed E-state index contributed by atoms with van der Waals surface area (Å²) in [6, 6.07) is 24.6. The molecule has 0 amide bonds. The lowest BCUT2D eigenvalue weighted by atomic mass is 10.0. The minimum absolute atomic E-state index is 0.336. The predicted molar refractivity (Wildman–Crippen MR) is 120 cm³/mol. The van der Waals surface area contributed by atoms with Crippen LogP contribution >= 0.6 is 0 Å². The summed E-state index contributed by atoms with van der Waals surface area (Å²) in [6.07, 6.45) is 0. The third-order valence-electron chi connectivity index (χ3n) is 4.78. The normalized spacial score (nSPS) is 10.5. The summed E-state index contributed by atoms with van der Waals surface area (Å²) in [5.74, 6) is -1.08. The molecule has 4 aromatic rings. The maximum absolute atomic E-state index is 12.9. The van der Waals surface area contributed by atoms with Gasteiger partial charge in [0.05, 0.1) is 16.8 Å². The van der Waals surface area contributed by atoms with Crippen molar-refractivity contribution in [2.24, 2.45) is 0 Å². The van der Waals surface area contributed by atoms with Crippen molar-refractivity contribution < 1.29 is 23.9 Å². The van der Waals surface area contributed by atoms with Crippen LogP contribution in [0, 0.1) is 0 Å². The molecule has 3 aromatic carbocycles. The van der Waals surface area contributed by atoms with Gasteiger partial charge in [0.2, 0.25) is 0 Å². The van der Waals surface area contributed by atoms with Gasteiger partial charge in [-0.1, -0.05) is 48.5 Å². The first-order valence-electron chi connectivity index (χ1n) is 9.95. The largest absolute Gasteiger partial charge is 0.454 e. The average molecular weight is 425 g/mol. The number of Topliss-reactive ketones (excluding diaryl/α,β-unsaturated/α-hetero) is 1. The van der Waals surface area contributed by atoms with Gasteiger partial charge in [-0.15, -0.1) is 0 Å². The first kappa shape index (κ1) is 20.9. The van der Waals surface area contributed by atoms with E-state index in [0.29, 0.717) is 33.5 Å². The summed E-state index contributed by atoms with van der Waals surface area (Å²) in [4.78, 5) is 41.0. The summed E-state index contributed by atoms with van der Waals surface area (Å²) in [5, 5.41) is 0.648. The van der Waals surface area contributed by atoms with Crippen LogP contribution in [0.15, 0.2) is 84.9 Å². The number of esters is 2. The van der Waals surface area contributed by atoms with Crippen LogP contribution in [0.25, 0.3) is 22.2 Å². The van der Waals surface area contributed by atoms with E-state index < -0.39 is 18.5 Å². The van der Waals surface area contributed by atoms with Gasteiger partial charge >= 0.3 is 11.9 Å². The molecule has 0 unspecified atom stereocenters. The Hall–Kier alpha value is -4.32. The molecule has 0 fully saturated rings. The molecule has 0 atom stereocenters. The second-order valence-electron chi connectivity index (χ2n) is 7.06. The van der Waals surface area contributed by atoms with Gasteiger partial charge in [0, 0.05) is 23.4 Å². The molecule has 4 rings (SSSR count). The molecule has 6 nitrogen and oxygen atoms in total. The van der Waals surface area contributed by atoms with Crippen molar-refractivity contribution >= 4 is 28.6 Å². The molecule has 1 heterocycles. The number of benzene rings is 3. The van der Waals surface area contributed by atoms with Crippen molar-refractivity contribution in [2.45, 2.75) is 6.92 Å². The molecule has 6 heteroatoms. The van der Waals surface area contributed by atoms with Crippen molar-refractivity contribution in [1.82, 2.24) is 4.98 Å². The molecule has 0 saturated carbocycles. The highest BCUT2D eigenvalue weighted by Crippen LogP contribution is 2.25. The van der Waals surface area contributed by atoms with E-state index in [1.165, 1.54) is 31.2 Å². The number of rotatable bonds is 6. The molecule has 0 aliphatic heterocycles. The second-order valence-corrected chi connectivity index (χ2v) is 7.06. The van der Waals surface area contributed by atoms with E-state index in [1.807, 2.05) is 48.5 Å². The molecular weight excluding hydrogens is 406 g/mol. The Bertz CT molecular complexity index is 1300. The van der Waals surface area contributed by atoms with Crippen LogP contribution in [0.3, 0.4) is 0 Å². The standard InChI is InChI=1S/C26H19NO5/c1-17(28)32-20-13-11-19(12-14-20)25(29)16-31-26(30)22-15-24(18-7-3-2-4-8-18)27-23-10-6-5-9-21(22)23/h2-15H,16H2,1H3. The molecule has 0 N–H and O–H groups in total. The van der Waals surface area contributed by atoms with Crippen LogP contribution in [0.1, 0.15) is 27.6 Å². The molecule has 0 aliphatic rings. The van der Waals surface area contributed by atoms with Crippen molar-refractivity contribution in [3.05, 3.63) is 96.1 Å². The monoisotopic (exact) mass is 425 g/mol. The van der Waals surface area contributed by atoms with E-state index in [2.05, 4.69) is 4.98 Å².